The normalized spacial score (nSPS) is 11.1. The zero-order chi connectivity index (χ0) is 13.6. The number of hydrogen-bond acceptors (Lipinski definition) is 3. The molecule has 2 aromatic heterocycles. The Balaban J connectivity index is 2.27. The van der Waals surface area contributed by atoms with Gasteiger partial charge in [-0.3, -0.25) is 9.48 Å². The first-order valence-corrected chi connectivity index (χ1v) is 6.02. The fourth-order valence-corrected chi connectivity index (χ4v) is 2.25. The molecule has 96 valence electrons. The Kier molecular flexibility index (Phi) is 2.48. The Hall–Kier alpha value is -2.43. The van der Waals surface area contributed by atoms with Crippen LogP contribution in [0.15, 0.2) is 24.4 Å². The van der Waals surface area contributed by atoms with Crippen molar-refractivity contribution in [3.63, 3.8) is 0 Å². The maximum absolute atomic E-state index is 10.8. The molecule has 0 aliphatic rings. The van der Waals surface area contributed by atoms with Crippen molar-refractivity contribution in [3.8, 4) is 11.4 Å². The molecule has 0 amide bonds. The van der Waals surface area contributed by atoms with Crippen molar-refractivity contribution in [3.05, 3.63) is 35.7 Å². The van der Waals surface area contributed by atoms with Gasteiger partial charge in [0.05, 0.1) is 22.8 Å². The Morgan fingerprint density at radius 1 is 1.26 bits per heavy atom. The number of aryl methyl sites for hydroxylation is 2. The number of aldehydes is 1. The molecule has 0 unspecified atom stereocenters. The lowest BCUT2D eigenvalue weighted by molar-refractivity contribution is 0.112. The number of rotatable bonds is 2. The first-order chi connectivity index (χ1) is 9.11. The largest absolute Gasteiger partial charge is 0.327 e. The minimum atomic E-state index is 0.639. The van der Waals surface area contributed by atoms with Crippen LogP contribution >= 0.6 is 0 Å². The van der Waals surface area contributed by atoms with Crippen molar-refractivity contribution in [1.29, 1.82) is 0 Å². The molecule has 0 spiro atoms. The van der Waals surface area contributed by atoms with Crippen LogP contribution < -0.4 is 0 Å². The average Bonchev–Trinajstić information content (AvgIpc) is 2.91. The van der Waals surface area contributed by atoms with Gasteiger partial charge in [0.1, 0.15) is 12.1 Å². The Labute approximate surface area is 110 Å². The molecule has 5 heteroatoms. The summed E-state index contributed by atoms with van der Waals surface area (Å²) in [7, 11) is 3.88. The van der Waals surface area contributed by atoms with Crippen molar-refractivity contribution in [2.45, 2.75) is 6.92 Å². The van der Waals surface area contributed by atoms with E-state index in [1.165, 1.54) is 0 Å². The van der Waals surface area contributed by atoms with Crippen LogP contribution in [0.3, 0.4) is 0 Å². The van der Waals surface area contributed by atoms with Crippen molar-refractivity contribution in [2.24, 2.45) is 14.1 Å². The predicted molar refractivity (Wildman–Crippen MR) is 73.0 cm³/mol. The number of benzene rings is 1. The SMILES string of the molecule is Cc1c(-c2nc3cc(C=O)ccc3n2C)cnn1C. The molecule has 0 N–H and O–H groups in total. The third-order valence-corrected chi connectivity index (χ3v) is 3.52. The van der Waals surface area contributed by atoms with Gasteiger partial charge in [0.2, 0.25) is 0 Å². The lowest BCUT2D eigenvalue weighted by Gasteiger charge is -2.01. The van der Waals surface area contributed by atoms with Crippen LogP contribution in [0.4, 0.5) is 0 Å². The predicted octanol–water partition coefficient (Wildman–Crippen LogP) is 2.09. The molecule has 3 rings (SSSR count). The van der Waals surface area contributed by atoms with E-state index >= 15 is 0 Å². The quantitative estimate of drug-likeness (QED) is 0.658. The molecule has 1 aromatic carbocycles. The topological polar surface area (TPSA) is 52.7 Å². The van der Waals surface area contributed by atoms with Gasteiger partial charge in [0.25, 0.3) is 0 Å². The van der Waals surface area contributed by atoms with E-state index in [2.05, 4.69) is 10.1 Å². The molecule has 0 bridgehead atoms. The Morgan fingerprint density at radius 2 is 2.05 bits per heavy atom. The standard InChI is InChI=1S/C14H14N4O/c1-9-11(7-15-18(9)3)14-16-12-6-10(8-19)4-5-13(12)17(14)2/h4-8H,1-3H3. The van der Waals surface area contributed by atoms with Crippen LogP contribution in [0.1, 0.15) is 16.1 Å². The smallest absolute Gasteiger partial charge is 0.150 e. The van der Waals surface area contributed by atoms with Gasteiger partial charge in [0, 0.05) is 25.4 Å². The van der Waals surface area contributed by atoms with Gasteiger partial charge in [-0.05, 0) is 25.1 Å². The second-order valence-electron chi connectivity index (χ2n) is 4.63. The molecule has 0 aliphatic carbocycles. The summed E-state index contributed by atoms with van der Waals surface area (Å²) < 4.78 is 3.85. The van der Waals surface area contributed by atoms with E-state index in [1.807, 2.05) is 42.5 Å². The first-order valence-electron chi connectivity index (χ1n) is 6.02. The van der Waals surface area contributed by atoms with E-state index < -0.39 is 0 Å². The van der Waals surface area contributed by atoms with E-state index in [-0.39, 0.29) is 0 Å². The molecule has 2 heterocycles. The zero-order valence-electron chi connectivity index (χ0n) is 11.1. The molecule has 0 radical (unpaired) electrons. The van der Waals surface area contributed by atoms with Crippen LogP contribution in [0, 0.1) is 6.92 Å². The van der Waals surface area contributed by atoms with Crippen LogP contribution in [-0.4, -0.2) is 25.6 Å². The summed E-state index contributed by atoms with van der Waals surface area (Å²) in [6.45, 7) is 2.01. The average molecular weight is 254 g/mol. The van der Waals surface area contributed by atoms with Gasteiger partial charge in [-0.1, -0.05) is 0 Å². The third kappa shape index (κ3) is 1.66. The summed E-state index contributed by atoms with van der Waals surface area (Å²) in [5.41, 5.74) is 4.54. The molecule has 0 saturated heterocycles. The maximum Gasteiger partial charge on any atom is 0.150 e. The number of aromatic nitrogens is 4. The van der Waals surface area contributed by atoms with Gasteiger partial charge in [-0.25, -0.2) is 4.98 Å². The maximum atomic E-state index is 10.8. The Bertz CT molecular complexity index is 782. The number of imidazole rings is 1. The van der Waals surface area contributed by atoms with E-state index in [0.717, 1.165) is 34.4 Å². The van der Waals surface area contributed by atoms with Gasteiger partial charge >= 0.3 is 0 Å². The van der Waals surface area contributed by atoms with Gasteiger partial charge in [-0.15, -0.1) is 0 Å². The summed E-state index contributed by atoms with van der Waals surface area (Å²) in [4.78, 5) is 15.4. The minimum absolute atomic E-state index is 0.639. The minimum Gasteiger partial charge on any atom is -0.327 e. The van der Waals surface area contributed by atoms with Gasteiger partial charge < -0.3 is 4.57 Å². The number of hydrogen-bond donors (Lipinski definition) is 0. The highest BCUT2D eigenvalue weighted by Crippen LogP contribution is 2.26. The fourth-order valence-electron chi connectivity index (χ4n) is 2.25. The fraction of sp³-hybridized carbons (Fsp3) is 0.214. The molecule has 5 nitrogen and oxygen atoms in total. The highest BCUT2D eigenvalue weighted by Gasteiger charge is 2.14. The van der Waals surface area contributed by atoms with E-state index in [1.54, 1.807) is 12.1 Å². The number of carbonyl (C=O) groups is 1. The van der Waals surface area contributed by atoms with Crippen molar-refractivity contribution >= 4 is 17.3 Å². The molecule has 0 atom stereocenters. The van der Waals surface area contributed by atoms with Gasteiger partial charge in [-0.2, -0.15) is 5.10 Å². The number of nitrogens with zero attached hydrogens (tertiary/aromatic N) is 4. The van der Waals surface area contributed by atoms with E-state index in [9.17, 15) is 4.79 Å². The second kappa shape index (κ2) is 4.05. The van der Waals surface area contributed by atoms with Crippen molar-refractivity contribution in [2.75, 3.05) is 0 Å². The highest BCUT2D eigenvalue weighted by atomic mass is 16.1. The van der Waals surface area contributed by atoms with Crippen LogP contribution in [0.25, 0.3) is 22.4 Å². The summed E-state index contributed by atoms with van der Waals surface area (Å²) in [6.07, 6.45) is 2.65. The lowest BCUT2D eigenvalue weighted by atomic mass is 10.2. The van der Waals surface area contributed by atoms with Crippen LogP contribution in [0.2, 0.25) is 0 Å². The van der Waals surface area contributed by atoms with E-state index in [4.69, 9.17) is 0 Å². The summed E-state index contributed by atoms with van der Waals surface area (Å²) >= 11 is 0. The molecular weight excluding hydrogens is 240 g/mol. The molecule has 3 aromatic rings. The lowest BCUT2D eigenvalue weighted by Crippen LogP contribution is -1.96. The number of carbonyl (C=O) groups excluding carboxylic acids is 1. The monoisotopic (exact) mass is 254 g/mol. The molecule has 0 aliphatic heterocycles. The molecule has 0 saturated carbocycles. The molecule has 0 fully saturated rings. The third-order valence-electron chi connectivity index (χ3n) is 3.52. The van der Waals surface area contributed by atoms with Crippen LogP contribution in [-0.2, 0) is 14.1 Å². The van der Waals surface area contributed by atoms with Crippen molar-refractivity contribution in [1.82, 2.24) is 19.3 Å². The first kappa shape index (κ1) is 11.6. The van der Waals surface area contributed by atoms with Crippen LogP contribution in [0.5, 0.6) is 0 Å². The molecule has 19 heavy (non-hydrogen) atoms. The summed E-state index contributed by atoms with van der Waals surface area (Å²) in [5.74, 6) is 0.864. The highest BCUT2D eigenvalue weighted by molar-refractivity contribution is 5.87. The molecular formula is C14H14N4O. The summed E-state index contributed by atoms with van der Waals surface area (Å²) in [5, 5.41) is 4.24. The summed E-state index contributed by atoms with van der Waals surface area (Å²) in [6, 6.07) is 5.52. The van der Waals surface area contributed by atoms with E-state index in [0.29, 0.717) is 5.56 Å². The van der Waals surface area contributed by atoms with Gasteiger partial charge in [0.15, 0.2) is 0 Å². The second-order valence-corrected chi connectivity index (χ2v) is 4.63. The zero-order valence-corrected chi connectivity index (χ0v) is 11.1. The number of fused-ring (bicyclic) bond motifs is 1. The van der Waals surface area contributed by atoms with Crippen molar-refractivity contribution < 1.29 is 4.79 Å². The Morgan fingerprint density at radius 3 is 2.68 bits per heavy atom.